The van der Waals surface area contributed by atoms with Crippen LogP contribution in [0.5, 0.6) is 0 Å². The van der Waals surface area contributed by atoms with E-state index in [2.05, 4.69) is 43.8 Å². The molecule has 0 saturated heterocycles. The molecule has 0 bridgehead atoms. The van der Waals surface area contributed by atoms with E-state index in [9.17, 15) is 9.59 Å². The molecule has 1 heterocycles. The molecule has 0 aromatic carbocycles. The minimum atomic E-state index is -0.200. The molecule has 76 valence electrons. The third-order valence-corrected chi connectivity index (χ3v) is 2.76. The molecule has 1 aromatic rings. The summed E-state index contributed by atoms with van der Waals surface area (Å²) in [5.41, 5.74) is -0.200. The summed E-state index contributed by atoms with van der Waals surface area (Å²) in [4.78, 5) is 22.6. The van der Waals surface area contributed by atoms with E-state index in [-0.39, 0.29) is 18.0 Å². The van der Waals surface area contributed by atoms with Crippen molar-refractivity contribution < 1.29 is 4.79 Å². The van der Waals surface area contributed by atoms with E-state index in [0.29, 0.717) is 4.47 Å². The Bertz CT molecular complexity index is 416. The summed E-state index contributed by atoms with van der Waals surface area (Å²) in [6, 6.07) is 1.71. The predicted octanol–water partition coefficient (Wildman–Crippen LogP) is 0.961. The maximum Gasteiger partial charge on any atom is 0.265 e. The third-order valence-electron chi connectivity index (χ3n) is 1.60. The Morgan fingerprint density at radius 3 is 2.93 bits per heavy atom. The van der Waals surface area contributed by atoms with E-state index >= 15 is 0 Å². The van der Waals surface area contributed by atoms with Crippen molar-refractivity contribution in [2.24, 2.45) is 0 Å². The van der Waals surface area contributed by atoms with Crippen molar-refractivity contribution in [3.63, 3.8) is 0 Å². The van der Waals surface area contributed by atoms with Gasteiger partial charge in [0.25, 0.3) is 5.56 Å². The van der Waals surface area contributed by atoms with Crippen LogP contribution in [0.3, 0.4) is 0 Å². The van der Waals surface area contributed by atoms with Gasteiger partial charge in [-0.2, -0.15) is 0 Å². The first kappa shape index (κ1) is 11.7. The molecule has 1 rings (SSSR count). The van der Waals surface area contributed by atoms with Crippen molar-refractivity contribution >= 4 is 44.4 Å². The molecule has 0 fully saturated rings. The Kier molecular flexibility index (Phi) is 4.11. The summed E-state index contributed by atoms with van der Waals surface area (Å²) >= 11 is 5.22. The summed E-state index contributed by atoms with van der Waals surface area (Å²) < 4.78 is 2.73. The minimum Gasteiger partial charge on any atom is -0.358 e. The Balaban J connectivity index is 3.09. The summed E-state index contributed by atoms with van der Waals surface area (Å²) in [7, 11) is 1.54. The fourth-order valence-corrected chi connectivity index (χ4v) is 2.47. The normalized spacial score (nSPS) is 9.93. The molecule has 0 aliphatic rings. The second-order valence-electron chi connectivity index (χ2n) is 2.61. The minimum absolute atomic E-state index is 0.0464. The molecule has 0 aliphatic heterocycles. The molecule has 14 heavy (non-hydrogen) atoms. The van der Waals surface area contributed by atoms with Gasteiger partial charge in [0.15, 0.2) is 0 Å². The Labute approximate surface area is 103 Å². The number of carbonyl (C=O) groups is 1. The number of carbonyl (C=O) groups excluding carboxylic acids is 1. The van der Waals surface area contributed by atoms with Gasteiger partial charge < -0.3 is 9.88 Å². The van der Waals surface area contributed by atoms with Gasteiger partial charge in [-0.1, -0.05) is 0 Å². The lowest BCUT2D eigenvalue weighted by Crippen LogP contribution is -2.30. The molecule has 1 aromatic heterocycles. The highest BCUT2D eigenvalue weighted by Crippen LogP contribution is 2.08. The lowest BCUT2D eigenvalue weighted by atomic mass is 10.4. The number of nitrogens with zero attached hydrogens (tertiary/aromatic N) is 1. The van der Waals surface area contributed by atoms with Crippen LogP contribution in [0.15, 0.2) is 21.5 Å². The van der Waals surface area contributed by atoms with Crippen molar-refractivity contribution in [2.45, 2.75) is 6.54 Å². The van der Waals surface area contributed by atoms with Crippen LogP contribution in [0.2, 0.25) is 0 Å². The number of amides is 1. The van der Waals surface area contributed by atoms with Gasteiger partial charge in [0, 0.05) is 16.8 Å². The van der Waals surface area contributed by atoms with E-state index < -0.39 is 0 Å². The van der Waals surface area contributed by atoms with E-state index in [1.54, 1.807) is 12.3 Å². The molecule has 6 heteroatoms. The van der Waals surface area contributed by atoms with Crippen LogP contribution in [0.25, 0.3) is 0 Å². The molecule has 0 atom stereocenters. The van der Waals surface area contributed by atoms with Crippen LogP contribution in [-0.2, 0) is 11.3 Å². The molecular formula is C8H8BrIN2O2. The number of nitrogens with one attached hydrogen (secondary N) is 1. The van der Waals surface area contributed by atoms with Gasteiger partial charge in [-0.3, -0.25) is 9.59 Å². The molecule has 1 N–H and O–H groups in total. The number of likely N-dealkylation sites (N-methyl/N-ethyl adjacent to an activating group) is 1. The van der Waals surface area contributed by atoms with Crippen LogP contribution in [0.1, 0.15) is 0 Å². The predicted molar refractivity (Wildman–Crippen MR) is 65.2 cm³/mol. The lowest BCUT2D eigenvalue weighted by Gasteiger charge is -2.05. The number of aromatic nitrogens is 1. The van der Waals surface area contributed by atoms with Crippen LogP contribution in [-0.4, -0.2) is 17.5 Å². The fraction of sp³-hybridized carbons (Fsp3) is 0.250. The number of hydrogen-bond donors (Lipinski definition) is 1. The second kappa shape index (κ2) is 4.92. The highest BCUT2D eigenvalue weighted by Gasteiger charge is 2.05. The fourth-order valence-electron chi connectivity index (χ4n) is 0.916. The monoisotopic (exact) mass is 370 g/mol. The molecule has 1 amide bonds. The second-order valence-corrected chi connectivity index (χ2v) is 4.71. The first-order valence-corrected chi connectivity index (χ1v) is 5.68. The number of halogens is 2. The first-order valence-electron chi connectivity index (χ1n) is 3.80. The third kappa shape index (κ3) is 2.81. The Hall–Kier alpha value is -0.370. The number of rotatable bonds is 2. The zero-order valence-corrected chi connectivity index (χ0v) is 11.1. The largest absolute Gasteiger partial charge is 0.358 e. The van der Waals surface area contributed by atoms with Crippen LogP contribution in [0.4, 0.5) is 0 Å². The first-order chi connectivity index (χ1) is 6.54. The molecular weight excluding hydrogens is 363 g/mol. The van der Waals surface area contributed by atoms with Crippen LogP contribution in [0, 0.1) is 3.57 Å². The van der Waals surface area contributed by atoms with Gasteiger partial charge in [-0.05, 0) is 44.6 Å². The SMILES string of the molecule is CNC(=O)Cn1cc(I)cc(Br)c1=O. The maximum absolute atomic E-state index is 11.5. The quantitative estimate of drug-likeness (QED) is 0.788. The van der Waals surface area contributed by atoms with E-state index in [4.69, 9.17) is 0 Å². The van der Waals surface area contributed by atoms with Crippen LogP contribution >= 0.6 is 38.5 Å². The lowest BCUT2D eigenvalue weighted by molar-refractivity contribution is -0.121. The van der Waals surface area contributed by atoms with Gasteiger partial charge in [0.1, 0.15) is 6.54 Å². The average molecular weight is 371 g/mol. The summed E-state index contributed by atoms with van der Waals surface area (Å²) in [6.07, 6.45) is 1.64. The highest BCUT2D eigenvalue weighted by atomic mass is 127. The Morgan fingerprint density at radius 2 is 2.36 bits per heavy atom. The van der Waals surface area contributed by atoms with Crippen molar-refractivity contribution in [1.82, 2.24) is 9.88 Å². The van der Waals surface area contributed by atoms with E-state index in [1.165, 1.54) is 11.6 Å². The molecule has 4 nitrogen and oxygen atoms in total. The number of pyridine rings is 1. The summed E-state index contributed by atoms with van der Waals surface area (Å²) in [6.45, 7) is 0.0464. The highest BCUT2D eigenvalue weighted by molar-refractivity contribution is 14.1. The van der Waals surface area contributed by atoms with Gasteiger partial charge in [0.2, 0.25) is 5.91 Å². The summed E-state index contributed by atoms with van der Waals surface area (Å²) in [5, 5.41) is 2.46. The van der Waals surface area contributed by atoms with Crippen molar-refractivity contribution in [1.29, 1.82) is 0 Å². The van der Waals surface area contributed by atoms with Crippen molar-refractivity contribution in [3.05, 3.63) is 30.7 Å². The van der Waals surface area contributed by atoms with Gasteiger partial charge >= 0.3 is 0 Å². The molecule has 0 saturated carbocycles. The van der Waals surface area contributed by atoms with E-state index in [0.717, 1.165) is 3.57 Å². The van der Waals surface area contributed by atoms with Gasteiger partial charge in [0.05, 0.1) is 4.47 Å². The average Bonchev–Trinajstić information content (AvgIpc) is 2.13. The molecule has 0 radical (unpaired) electrons. The van der Waals surface area contributed by atoms with Crippen molar-refractivity contribution in [2.75, 3.05) is 7.05 Å². The molecule has 0 unspecified atom stereocenters. The molecule has 0 spiro atoms. The van der Waals surface area contributed by atoms with E-state index in [1.807, 2.05) is 0 Å². The Morgan fingerprint density at radius 1 is 1.71 bits per heavy atom. The topological polar surface area (TPSA) is 51.1 Å². The standard InChI is InChI=1S/C8H8BrIN2O2/c1-11-7(13)4-12-3-5(10)2-6(9)8(12)14/h2-3H,4H2,1H3,(H,11,13). The smallest absolute Gasteiger partial charge is 0.265 e. The van der Waals surface area contributed by atoms with Crippen LogP contribution < -0.4 is 10.9 Å². The van der Waals surface area contributed by atoms with Crippen molar-refractivity contribution in [3.8, 4) is 0 Å². The zero-order chi connectivity index (χ0) is 10.7. The number of hydrogen-bond acceptors (Lipinski definition) is 2. The van der Waals surface area contributed by atoms with Gasteiger partial charge in [-0.25, -0.2) is 0 Å². The zero-order valence-electron chi connectivity index (χ0n) is 7.38. The summed E-state index contributed by atoms with van der Waals surface area (Å²) in [5.74, 6) is -0.194. The molecule has 0 aliphatic carbocycles. The van der Waals surface area contributed by atoms with Gasteiger partial charge in [-0.15, -0.1) is 0 Å². The maximum atomic E-state index is 11.5.